The summed E-state index contributed by atoms with van der Waals surface area (Å²) < 4.78 is 25.8. The fourth-order valence-electron chi connectivity index (χ4n) is 2.29. The van der Waals surface area contributed by atoms with Crippen LogP contribution in [0.25, 0.3) is 0 Å². The van der Waals surface area contributed by atoms with Crippen molar-refractivity contribution in [2.24, 2.45) is 0 Å². The first-order valence-electron chi connectivity index (χ1n) is 7.68. The van der Waals surface area contributed by atoms with Gasteiger partial charge in [0.25, 0.3) is 0 Å². The average Bonchev–Trinajstić information content (AvgIpc) is 2.70. The molecule has 7 heteroatoms. The van der Waals surface area contributed by atoms with E-state index in [1.807, 2.05) is 0 Å². The lowest BCUT2D eigenvalue weighted by molar-refractivity contribution is 0.0474. The monoisotopic (exact) mass is 360 g/mol. The van der Waals surface area contributed by atoms with Crippen LogP contribution in [-0.4, -0.2) is 46.8 Å². The number of ether oxygens (including phenoxy) is 5. The van der Waals surface area contributed by atoms with Crippen LogP contribution in [0.2, 0.25) is 0 Å². The fraction of sp³-hybridized carbons (Fsp3) is 0.263. The summed E-state index contributed by atoms with van der Waals surface area (Å²) in [4.78, 5) is 24.5. The largest absolute Gasteiger partial charge is 0.497 e. The lowest BCUT2D eigenvalue weighted by atomic mass is 10.1. The molecule has 0 aliphatic carbocycles. The molecule has 0 aliphatic rings. The Morgan fingerprint density at radius 2 is 1.46 bits per heavy atom. The summed E-state index contributed by atoms with van der Waals surface area (Å²) >= 11 is 0. The van der Waals surface area contributed by atoms with Gasteiger partial charge in [-0.25, -0.2) is 4.79 Å². The van der Waals surface area contributed by atoms with Gasteiger partial charge in [0.05, 0.1) is 34.0 Å². The van der Waals surface area contributed by atoms with Crippen LogP contribution in [0.3, 0.4) is 0 Å². The van der Waals surface area contributed by atoms with Gasteiger partial charge in [0.2, 0.25) is 5.75 Å². The third kappa shape index (κ3) is 4.24. The van der Waals surface area contributed by atoms with Crippen molar-refractivity contribution in [2.75, 3.05) is 35.0 Å². The molecule has 0 saturated carbocycles. The van der Waals surface area contributed by atoms with Crippen molar-refractivity contribution in [2.45, 2.75) is 0 Å². The molecular formula is C19H20O7. The maximum atomic E-state index is 12.3. The predicted octanol–water partition coefficient (Wildman–Crippen LogP) is 2.76. The van der Waals surface area contributed by atoms with Gasteiger partial charge in [-0.1, -0.05) is 12.1 Å². The number of carbonyl (C=O) groups excluding carboxylic acids is 2. The third-order valence-electron chi connectivity index (χ3n) is 3.63. The van der Waals surface area contributed by atoms with Crippen LogP contribution in [-0.2, 0) is 4.74 Å². The van der Waals surface area contributed by atoms with Crippen molar-refractivity contribution in [3.63, 3.8) is 0 Å². The Labute approximate surface area is 151 Å². The first-order valence-corrected chi connectivity index (χ1v) is 7.68. The van der Waals surface area contributed by atoms with Gasteiger partial charge in [-0.3, -0.25) is 4.79 Å². The van der Waals surface area contributed by atoms with E-state index in [1.165, 1.54) is 40.6 Å². The number of carbonyl (C=O) groups is 2. The first kappa shape index (κ1) is 19.1. The molecule has 0 aromatic heterocycles. The highest BCUT2D eigenvalue weighted by molar-refractivity contribution is 5.99. The molecule has 26 heavy (non-hydrogen) atoms. The van der Waals surface area contributed by atoms with Gasteiger partial charge in [-0.15, -0.1) is 0 Å². The summed E-state index contributed by atoms with van der Waals surface area (Å²) in [6.07, 6.45) is 0. The summed E-state index contributed by atoms with van der Waals surface area (Å²) in [6, 6.07) is 9.53. The molecule has 7 nitrogen and oxygen atoms in total. The van der Waals surface area contributed by atoms with Gasteiger partial charge in [0, 0.05) is 5.56 Å². The molecule has 2 rings (SSSR count). The average molecular weight is 360 g/mol. The topological polar surface area (TPSA) is 80.3 Å². The number of hydrogen-bond acceptors (Lipinski definition) is 7. The van der Waals surface area contributed by atoms with Crippen molar-refractivity contribution in [3.05, 3.63) is 47.5 Å². The number of esters is 1. The number of rotatable bonds is 8. The van der Waals surface area contributed by atoms with E-state index < -0.39 is 12.6 Å². The van der Waals surface area contributed by atoms with E-state index in [0.29, 0.717) is 28.6 Å². The molecule has 0 atom stereocenters. The fourth-order valence-corrected chi connectivity index (χ4v) is 2.29. The highest BCUT2D eigenvalue weighted by Gasteiger charge is 2.19. The Morgan fingerprint density at radius 1 is 0.808 bits per heavy atom. The minimum Gasteiger partial charge on any atom is -0.497 e. The zero-order valence-corrected chi connectivity index (χ0v) is 15.0. The molecule has 0 bridgehead atoms. The van der Waals surface area contributed by atoms with E-state index >= 15 is 0 Å². The summed E-state index contributed by atoms with van der Waals surface area (Å²) in [5, 5.41) is 0. The van der Waals surface area contributed by atoms with E-state index in [0.717, 1.165) is 0 Å². The maximum Gasteiger partial charge on any atom is 0.338 e. The number of benzene rings is 2. The van der Waals surface area contributed by atoms with Gasteiger partial charge < -0.3 is 23.7 Å². The second-order valence-corrected chi connectivity index (χ2v) is 5.15. The van der Waals surface area contributed by atoms with Crippen LogP contribution in [0.15, 0.2) is 36.4 Å². The van der Waals surface area contributed by atoms with Gasteiger partial charge in [0.1, 0.15) is 5.75 Å². The number of Topliss-reactive ketones (excluding diaryl/α,β-unsaturated/α-hetero) is 1. The molecule has 0 heterocycles. The molecule has 0 unspecified atom stereocenters. The van der Waals surface area contributed by atoms with Crippen LogP contribution in [0.4, 0.5) is 0 Å². The van der Waals surface area contributed by atoms with E-state index in [4.69, 9.17) is 23.7 Å². The highest BCUT2D eigenvalue weighted by Crippen LogP contribution is 2.38. The molecule has 2 aromatic carbocycles. The summed E-state index contributed by atoms with van der Waals surface area (Å²) in [6.45, 7) is -0.400. The molecule has 0 amide bonds. The van der Waals surface area contributed by atoms with Crippen molar-refractivity contribution >= 4 is 11.8 Å². The Bertz CT molecular complexity index is 773. The summed E-state index contributed by atoms with van der Waals surface area (Å²) in [5.74, 6) is 0.520. The van der Waals surface area contributed by atoms with E-state index in [1.54, 1.807) is 24.3 Å². The second-order valence-electron chi connectivity index (χ2n) is 5.15. The maximum absolute atomic E-state index is 12.3. The van der Waals surface area contributed by atoms with Gasteiger partial charge in [-0.05, 0) is 24.3 Å². The lowest BCUT2D eigenvalue weighted by Gasteiger charge is -2.13. The van der Waals surface area contributed by atoms with Crippen LogP contribution in [0.1, 0.15) is 20.7 Å². The van der Waals surface area contributed by atoms with Gasteiger partial charge >= 0.3 is 5.97 Å². The molecule has 0 saturated heterocycles. The van der Waals surface area contributed by atoms with E-state index in [9.17, 15) is 9.59 Å². The molecule has 0 aliphatic heterocycles. The number of ketones is 1. The summed E-state index contributed by atoms with van der Waals surface area (Å²) in [7, 11) is 5.86. The Morgan fingerprint density at radius 3 is 2.00 bits per heavy atom. The lowest BCUT2D eigenvalue weighted by Crippen LogP contribution is -2.14. The van der Waals surface area contributed by atoms with Gasteiger partial charge in [0.15, 0.2) is 23.9 Å². The number of hydrogen-bond donors (Lipinski definition) is 0. The zero-order chi connectivity index (χ0) is 19.1. The van der Waals surface area contributed by atoms with Crippen LogP contribution >= 0.6 is 0 Å². The first-order chi connectivity index (χ1) is 12.5. The normalized spacial score (nSPS) is 10.0. The third-order valence-corrected chi connectivity index (χ3v) is 3.63. The SMILES string of the molecule is COc1cccc(C(=O)COC(=O)c2cc(OC)c(OC)c(OC)c2)c1. The standard InChI is InChI=1S/C19H20O7/c1-22-14-7-5-6-12(8-14)15(20)11-26-19(21)13-9-16(23-2)18(25-4)17(10-13)24-3/h5-10H,11H2,1-4H3. The molecular weight excluding hydrogens is 340 g/mol. The Kier molecular flexibility index (Phi) is 6.43. The molecule has 0 fully saturated rings. The molecule has 2 aromatic rings. The molecule has 0 N–H and O–H groups in total. The van der Waals surface area contributed by atoms with Gasteiger partial charge in [-0.2, -0.15) is 0 Å². The highest BCUT2D eigenvalue weighted by atomic mass is 16.5. The van der Waals surface area contributed by atoms with Crippen LogP contribution in [0.5, 0.6) is 23.0 Å². The van der Waals surface area contributed by atoms with Crippen molar-refractivity contribution in [1.82, 2.24) is 0 Å². The van der Waals surface area contributed by atoms with Crippen molar-refractivity contribution in [3.8, 4) is 23.0 Å². The second kappa shape index (κ2) is 8.75. The van der Waals surface area contributed by atoms with Crippen molar-refractivity contribution in [1.29, 1.82) is 0 Å². The molecule has 138 valence electrons. The predicted molar refractivity (Wildman–Crippen MR) is 93.7 cm³/mol. The number of methoxy groups -OCH3 is 4. The van der Waals surface area contributed by atoms with E-state index in [-0.39, 0.29) is 11.3 Å². The van der Waals surface area contributed by atoms with E-state index in [2.05, 4.69) is 0 Å². The minimum absolute atomic E-state index is 0.179. The van der Waals surface area contributed by atoms with Crippen LogP contribution < -0.4 is 18.9 Å². The Balaban J connectivity index is 2.13. The molecule has 0 spiro atoms. The quantitative estimate of drug-likeness (QED) is 0.529. The molecule has 0 radical (unpaired) electrons. The minimum atomic E-state index is -0.680. The zero-order valence-electron chi connectivity index (χ0n) is 15.0. The van der Waals surface area contributed by atoms with Crippen molar-refractivity contribution < 1.29 is 33.3 Å². The smallest absolute Gasteiger partial charge is 0.338 e. The van der Waals surface area contributed by atoms with Crippen LogP contribution in [0, 0.1) is 0 Å². The Hall–Kier alpha value is -3.22. The summed E-state index contributed by atoms with van der Waals surface area (Å²) in [5.41, 5.74) is 0.569.